The number of aromatic nitrogens is 1. The van der Waals surface area contributed by atoms with Crippen molar-refractivity contribution in [1.29, 1.82) is 0 Å². The van der Waals surface area contributed by atoms with Crippen LogP contribution in [0.5, 0.6) is 0 Å². The molecule has 5 rings (SSSR count). The van der Waals surface area contributed by atoms with Crippen LogP contribution in [0.3, 0.4) is 0 Å². The summed E-state index contributed by atoms with van der Waals surface area (Å²) in [7, 11) is 0. The summed E-state index contributed by atoms with van der Waals surface area (Å²) in [5.74, 6) is -5.96. The number of hydrogen-bond donors (Lipinski definition) is 0. The first kappa shape index (κ1) is 23.1. The summed E-state index contributed by atoms with van der Waals surface area (Å²) in [6.45, 7) is 3.00. The quantitative estimate of drug-likeness (QED) is 0.476. The molecule has 1 spiro atoms. The van der Waals surface area contributed by atoms with E-state index in [1.807, 2.05) is 12.1 Å². The summed E-state index contributed by atoms with van der Waals surface area (Å²) in [6.07, 6.45) is 5.13. The molecule has 4 heterocycles. The highest BCUT2D eigenvalue weighted by molar-refractivity contribution is 6.32. The van der Waals surface area contributed by atoms with Gasteiger partial charge in [-0.3, -0.25) is 9.69 Å². The smallest absolute Gasteiger partial charge is 0.405 e. The SMILES string of the molecule is O=C1OC2(CCCN(c3ncccc3CCN3CCC(C4CCC(F)(F)CC4)C3)C2=O)OC1=O. The Morgan fingerprint density at radius 1 is 1.00 bits per heavy atom. The van der Waals surface area contributed by atoms with Crippen LogP contribution in [0, 0.1) is 11.8 Å². The van der Waals surface area contributed by atoms with Crippen molar-refractivity contribution in [2.75, 3.05) is 31.1 Å². The van der Waals surface area contributed by atoms with E-state index >= 15 is 0 Å². The average Bonchev–Trinajstić information content (AvgIpc) is 3.39. The monoisotopic (exact) mass is 477 g/mol. The fraction of sp³-hybridized carbons (Fsp3) is 0.667. The van der Waals surface area contributed by atoms with Gasteiger partial charge in [-0.15, -0.1) is 0 Å². The third-order valence-electron chi connectivity index (χ3n) is 7.70. The van der Waals surface area contributed by atoms with E-state index in [2.05, 4.69) is 9.88 Å². The number of halogens is 2. The van der Waals surface area contributed by atoms with Gasteiger partial charge in [0.1, 0.15) is 5.82 Å². The van der Waals surface area contributed by atoms with Crippen molar-refractivity contribution in [3.05, 3.63) is 23.9 Å². The Hall–Kier alpha value is -2.62. The molecule has 8 nitrogen and oxygen atoms in total. The molecule has 10 heteroatoms. The number of carbonyl (C=O) groups excluding carboxylic acids is 3. The van der Waals surface area contributed by atoms with E-state index in [0.717, 1.165) is 31.6 Å². The average molecular weight is 478 g/mol. The molecular weight excluding hydrogens is 448 g/mol. The van der Waals surface area contributed by atoms with E-state index in [1.165, 1.54) is 4.90 Å². The number of hydrogen-bond acceptors (Lipinski definition) is 7. The molecule has 1 aromatic heterocycles. The zero-order valence-electron chi connectivity index (χ0n) is 19.0. The van der Waals surface area contributed by atoms with Gasteiger partial charge in [0.25, 0.3) is 0 Å². The topological polar surface area (TPSA) is 89.0 Å². The fourth-order valence-electron chi connectivity index (χ4n) is 5.81. The predicted molar refractivity (Wildman–Crippen MR) is 116 cm³/mol. The molecule has 3 saturated heterocycles. The lowest BCUT2D eigenvalue weighted by Gasteiger charge is -2.36. The number of carbonyl (C=O) groups is 3. The Kier molecular flexibility index (Phi) is 6.03. The summed E-state index contributed by atoms with van der Waals surface area (Å²) in [5.41, 5.74) is 0.879. The lowest BCUT2D eigenvalue weighted by Crippen LogP contribution is -2.55. The van der Waals surface area contributed by atoms with Crippen molar-refractivity contribution in [3.63, 3.8) is 0 Å². The Labute approximate surface area is 196 Å². The second kappa shape index (κ2) is 8.87. The van der Waals surface area contributed by atoms with E-state index in [1.54, 1.807) is 6.20 Å². The van der Waals surface area contributed by atoms with Crippen molar-refractivity contribution in [2.45, 2.75) is 63.1 Å². The number of piperidine rings is 1. The summed E-state index contributed by atoms with van der Waals surface area (Å²) in [6, 6.07) is 3.73. The van der Waals surface area contributed by atoms with Gasteiger partial charge >= 0.3 is 23.6 Å². The molecule has 184 valence electrons. The molecule has 0 aromatic carbocycles. The highest BCUT2D eigenvalue weighted by Crippen LogP contribution is 2.41. The van der Waals surface area contributed by atoms with Crippen LogP contribution in [-0.2, 0) is 30.3 Å². The van der Waals surface area contributed by atoms with Crippen LogP contribution in [0.15, 0.2) is 18.3 Å². The van der Waals surface area contributed by atoms with Crippen LogP contribution in [0.1, 0.15) is 50.5 Å². The lowest BCUT2D eigenvalue weighted by atomic mass is 9.78. The molecule has 4 aliphatic rings. The van der Waals surface area contributed by atoms with Crippen LogP contribution >= 0.6 is 0 Å². The normalized spacial score (nSPS) is 27.3. The van der Waals surface area contributed by atoms with Gasteiger partial charge < -0.3 is 14.4 Å². The van der Waals surface area contributed by atoms with Gasteiger partial charge in [-0.1, -0.05) is 6.07 Å². The van der Waals surface area contributed by atoms with Crippen LogP contribution in [0.2, 0.25) is 0 Å². The second-order valence-electron chi connectivity index (χ2n) is 9.87. The summed E-state index contributed by atoms with van der Waals surface area (Å²) in [4.78, 5) is 44.6. The van der Waals surface area contributed by atoms with Crippen LogP contribution in [0.4, 0.5) is 14.6 Å². The van der Waals surface area contributed by atoms with Crippen molar-refractivity contribution >= 4 is 23.7 Å². The van der Waals surface area contributed by atoms with E-state index < -0.39 is 29.6 Å². The van der Waals surface area contributed by atoms with Gasteiger partial charge in [0.05, 0.1) is 0 Å². The number of anilines is 1. The number of ether oxygens (including phenoxy) is 2. The first-order valence-corrected chi connectivity index (χ1v) is 12.1. The molecule has 0 radical (unpaired) electrons. The van der Waals surface area contributed by atoms with Crippen LogP contribution in [-0.4, -0.2) is 65.6 Å². The number of amides is 1. The molecule has 34 heavy (non-hydrogen) atoms. The van der Waals surface area contributed by atoms with Crippen LogP contribution in [0.25, 0.3) is 0 Å². The van der Waals surface area contributed by atoms with Gasteiger partial charge in [-0.2, -0.15) is 0 Å². The van der Waals surface area contributed by atoms with E-state index in [0.29, 0.717) is 49.9 Å². The van der Waals surface area contributed by atoms with Gasteiger partial charge in [-0.25, -0.2) is 23.4 Å². The maximum Gasteiger partial charge on any atom is 0.421 e. The number of esters is 2. The largest absolute Gasteiger partial charge is 0.421 e. The lowest BCUT2D eigenvalue weighted by molar-refractivity contribution is -0.193. The summed E-state index contributed by atoms with van der Waals surface area (Å²) in [5, 5.41) is 0. The Morgan fingerprint density at radius 3 is 2.47 bits per heavy atom. The van der Waals surface area contributed by atoms with Crippen LogP contribution < -0.4 is 4.90 Å². The van der Waals surface area contributed by atoms with Gasteiger partial charge in [0.2, 0.25) is 5.92 Å². The zero-order valence-corrected chi connectivity index (χ0v) is 19.0. The molecule has 3 aliphatic heterocycles. The summed E-state index contributed by atoms with van der Waals surface area (Å²) >= 11 is 0. The molecule has 1 unspecified atom stereocenters. The number of nitrogens with zero attached hydrogens (tertiary/aromatic N) is 3. The molecule has 1 amide bonds. The van der Waals surface area contributed by atoms with E-state index in [-0.39, 0.29) is 19.3 Å². The third kappa shape index (κ3) is 4.39. The Balaban J connectivity index is 1.22. The highest BCUT2D eigenvalue weighted by Gasteiger charge is 2.58. The van der Waals surface area contributed by atoms with Gasteiger partial charge in [0.15, 0.2) is 0 Å². The molecule has 0 N–H and O–H groups in total. The first-order chi connectivity index (χ1) is 16.3. The number of rotatable bonds is 5. The third-order valence-corrected chi connectivity index (χ3v) is 7.70. The summed E-state index contributed by atoms with van der Waals surface area (Å²) < 4.78 is 37.1. The maximum atomic E-state index is 13.5. The molecule has 1 saturated carbocycles. The maximum absolute atomic E-state index is 13.5. The van der Waals surface area contributed by atoms with E-state index in [9.17, 15) is 23.2 Å². The fourth-order valence-corrected chi connectivity index (χ4v) is 5.81. The highest BCUT2D eigenvalue weighted by atomic mass is 19.3. The number of alkyl halides is 2. The van der Waals surface area contributed by atoms with Gasteiger partial charge in [0, 0.05) is 45.1 Å². The number of likely N-dealkylation sites (tertiary alicyclic amines) is 1. The zero-order chi connectivity index (χ0) is 23.9. The molecular formula is C24H29F2N3O5. The Morgan fingerprint density at radius 2 is 1.74 bits per heavy atom. The molecule has 4 fully saturated rings. The minimum Gasteiger partial charge on any atom is -0.405 e. The minimum absolute atomic E-state index is 0.00316. The van der Waals surface area contributed by atoms with Crippen molar-refractivity contribution in [3.8, 4) is 0 Å². The van der Waals surface area contributed by atoms with Gasteiger partial charge in [-0.05, 0) is 62.1 Å². The van der Waals surface area contributed by atoms with Crippen molar-refractivity contribution in [1.82, 2.24) is 9.88 Å². The first-order valence-electron chi connectivity index (χ1n) is 12.1. The molecule has 1 aromatic rings. The molecule has 0 bridgehead atoms. The predicted octanol–water partition coefficient (Wildman–Crippen LogP) is 2.69. The standard InChI is InChI=1S/C24H29F2N3O5/c25-23(26)9-4-16(5-10-23)18-7-14-28(15-18)13-6-17-3-1-11-27-19(17)29-12-2-8-24(22(29)32)33-20(30)21(31)34-24/h1,3,11,16,18H,2,4-10,12-15H2. The molecule has 1 atom stereocenters. The molecule has 1 aliphatic carbocycles. The van der Waals surface area contributed by atoms with Crippen molar-refractivity contribution < 1.29 is 32.6 Å². The number of pyridine rings is 1. The van der Waals surface area contributed by atoms with E-state index in [4.69, 9.17) is 9.47 Å². The second-order valence-corrected chi connectivity index (χ2v) is 9.87. The minimum atomic E-state index is -2.49. The van der Waals surface area contributed by atoms with Crippen molar-refractivity contribution in [2.24, 2.45) is 11.8 Å². The Bertz CT molecular complexity index is 961.